The first-order chi connectivity index (χ1) is 13.8. The highest BCUT2D eigenvalue weighted by atomic mass is 19.4. The number of hydrogen-bond donors (Lipinski definition) is 2. The molecule has 0 saturated heterocycles. The number of nitrogen functional groups attached to an aromatic ring is 2. The van der Waals surface area contributed by atoms with Crippen molar-refractivity contribution in [3.05, 3.63) is 76.7 Å². The zero-order chi connectivity index (χ0) is 20.8. The molecule has 2 heterocycles. The van der Waals surface area contributed by atoms with Crippen molar-refractivity contribution in [2.45, 2.75) is 6.18 Å². The molecule has 4 rings (SSSR count). The lowest BCUT2D eigenvalue weighted by Crippen LogP contribution is -2.23. The van der Waals surface area contributed by atoms with Gasteiger partial charge in [-0.2, -0.15) is 13.2 Å². The zero-order valence-corrected chi connectivity index (χ0v) is 14.8. The van der Waals surface area contributed by atoms with E-state index in [1.165, 1.54) is 22.9 Å². The predicted octanol–water partition coefficient (Wildman–Crippen LogP) is 3.63. The summed E-state index contributed by atoms with van der Waals surface area (Å²) in [5, 5.41) is 0.214. The van der Waals surface area contributed by atoms with Gasteiger partial charge in [-0.3, -0.25) is 4.79 Å². The van der Waals surface area contributed by atoms with E-state index in [1.807, 2.05) is 0 Å². The first kappa shape index (κ1) is 18.5. The van der Waals surface area contributed by atoms with E-state index in [4.69, 9.17) is 11.5 Å². The summed E-state index contributed by atoms with van der Waals surface area (Å²) in [6.45, 7) is 0. The third-order valence-electron chi connectivity index (χ3n) is 4.47. The number of nitrogens with zero attached hydrogens (tertiary/aromatic N) is 3. The van der Waals surface area contributed by atoms with Gasteiger partial charge in [0, 0.05) is 11.8 Å². The first-order valence-electron chi connectivity index (χ1n) is 8.46. The van der Waals surface area contributed by atoms with Crippen molar-refractivity contribution < 1.29 is 13.2 Å². The van der Waals surface area contributed by atoms with Gasteiger partial charge in [0.1, 0.15) is 5.82 Å². The highest BCUT2D eigenvalue weighted by Gasteiger charge is 2.34. The van der Waals surface area contributed by atoms with Gasteiger partial charge >= 0.3 is 6.18 Å². The number of rotatable bonds is 2. The van der Waals surface area contributed by atoms with Crippen LogP contribution < -0.4 is 17.0 Å². The van der Waals surface area contributed by atoms with E-state index in [9.17, 15) is 18.0 Å². The molecule has 2 aromatic heterocycles. The summed E-state index contributed by atoms with van der Waals surface area (Å²) in [6.07, 6.45) is -3.41. The van der Waals surface area contributed by atoms with Crippen molar-refractivity contribution >= 4 is 22.7 Å². The van der Waals surface area contributed by atoms with E-state index in [2.05, 4.69) is 9.97 Å². The molecule has 0 bridgehead atoms. The summed E-state index contributed by atoms with van der Waals surface area (Å²) in [5.41, 5.74) is 11.3. The second kappa shape index (κ2) is 6.62. The Morgan fingerprint density at radius 2 is 1.66 bits per heavy atom. The Kier molecular flexibility index (Phi) is 4.22. The number of anilines is 2. The van der Waals surface area contributed by atoms with Gasteiger partial charge < -0.3 is 11.5 Å². The topological polar surface area (TPSA) is 99.8 Å². The Labute approximate surface area is 162 Å². The number of pyridine rings is 1. The Balaban J connectivity index is 1.92. The van der Waals surface area contributed by atoms with Crippen molar-refractivity contribution in [2.75, 3.05) is 11.5 Å². The Bertz CT molecular complexity index is 1280. The molecular formula is C20H14F3N5O. The molecule has 6 nitrogen and oxygen atoms in total. The molecule has 0 radical (unpaired) electrons. The number of alkyl halides is 3. The minimum Gasteiger partial charge on any atom is -0.383 e. The third kappa shape index (κ3) is 3.27. The van der Waals surface area contributed by atoms with Gasteiger partial charge in [-0.1, -0.05) is 24.3 Å². The predicted molar refractivity (Wildman–Crippen MR) is 104 cm³/mol. The molecule has 9 heteroatoms. The molecule has 29 heavy (non-hydrogen) atoms. The quantitative estimate of drug-likeness (QED) is 0.538. The van der Waals surface area contributed by atoms with E-state index in [1.54, 1.807) is 36.4 Å². The number of hydrogen-bond acceptors (Lipinski definition) is 5. The largest absolute Gasteiger partial charge is 0.419 e. The number of benzene rings is 2. The lowest BCUT2D eigenvalue weighted by Gasteiger charge is -2.13. The zero-order valence-electron chi connectivity index (χ0n) is 14.8. The van der Waals surface area contributed by atoms with Gasteiger partial charge in [-0.15, -0.1) is 0 Å². The van der Waals surface area contributed by atoms with Crippen LogP contribution in [0.15, 0.2) is 65.6 Å². The lowest BCUT2D eigenvalue weighted by atomic mass is 10.0. The monoisotopic (exact) mass is 397 g/mol. The van der Waals surface area contributed by atoms with Crippen molar-refractivity contribution in [2.24, 2.45) is 0 Å². The van der Waals surface area contributed by atoms with Crippen LogP contribution in [0.1, 0.15) is 5.56 Å². The molecule has 0 aliphatic heterocycles. The standard InChI is InChI=1S/C20H14F3N5O/c21-20(22,23)15-9-12(10-26-17(15)24)11-6-7-16-14(8-11)18(29)28(19(25)27-16)13-4-2-1-3-5-13/h1-10H,(H2,24,26)(H2,25,27). The van der Waals surface area contributed by atoms with Gasteiger partial charge in [-0.05, 0) is 35.9 Å². The van der Waals surface area contributed by atoms with Gasteiger partial charge in [0.25, 0.3) is 5.56 Å². The molecule has 0 atom stereocenters. The second-order valence-electron chi connectivity index (χ2n) is 6.33. The summed E-state index contributed by atoms with van der Waals surface area (Å²) in [7, 11) is 0. The molecular weight excluding hydrogens is 383 g/mol. The highest BCUT2D eigenvalue weighted by Crippen LogP contribution is 2.35. The lowest BCUT2D eigenvalue weighted by molar-refractivity contribution is -0.137. The summed E-state index contributed by atoms with van der Waals surface area (Å²) >= 11 is 0. The maximum atomic E-state index is 13.1. The molecule has 0 spiro atoms. The molecule has 4 aromatic rings. The van der Waals surface area contributed by atoms with Crippen LogP contribution in [0.2, 0.25) is 0 Å². The third-order valence-corrected chi connectivity index (χ3v) is 4.47. The fourth-order valence-corrected chi connectivity index (χ4v) is 3.07. The molecule has 0 amide bonds. The average Bonchev–Trinajstić information content (AvgIpc) is 2.68. The maximum absolute atomic E-state index is 13.1. The normalized spacial score (nSPS) is 11.7. The molecule has 0 fully saturated rings. The first-order valence-corrected chi connectivity index (χ1v) is 8.46. The average molecular weight is 397 g/mol. The van der Waals surface area contributed by atoms with Gasteiger partial charge in [0.05, 0.1) is 22.2 Å². The summed E-state index contributed by atoms with van der Waals surface area (Å²) in [6, 6.07) is 14.2. The van der Waals surface area contributed by atoms with E-state index in [0.717, 1.165) is 6.07 Å². The van der Waals surface area contributed by atoms with Crippen LogP contribution in [0.5, 0.6) is 0 Å². The molecule has 2 aromatic carbocycles. The number of halogens is 3. The Morgan fingerprint density at radius 3 is 2.34 bits per heavy atom. The van der Waals surface area contributed by atoms with Crippen LogP contribution >= 0.6 is 0 Å². The molecule has 0 unspecified atom stereocenters. The van der Waals surface area contributed by atoms with E-state index < -0.39 is 23.1 Å². The molecule has 0 aliphatic carbocycles. The van der Waals surface area contributed by atoms with Gasteiger partial charge in [0.15, 0.2) is 0 Å². The fourth-order valence-electron chi connectivity index (χ4n) is 3.07. The number of nitrogens with two attached hydrogens (primary N) is 2. The van der Waals surface area contributed by atoms with Crippen LogP contribution in [0.4, 0.5) is 24.9 Å². The van der Waals surface area contributed by atoms with E-state index in [-0.39, 0.29) is 16.9 Å². The molecule has 146 valence electrons. The molecule has 0 aliphatic rings. The van der Waals surface area contributed by atoms with Crippen LogP contribution in [0.25, 0.3) is 27.7 Å². The number of fused-ring (bicyclic) bond motifs is 1. The second-order valence-corrected chi connectivity index (χ2v) is 6.33. The number of aromatic nitrogens is 3. The summed E-state index contributed by atoms with van der Waals surface area (Å²) in [4.78, 5) is 20.9. The van der Waals surface area contributed by atoms with Crippen molar-refractivity contribution in [3.8, 4) is 16.8 Å². The van der Waals surface area contributed by atoms with Crippen molar-refractivity contribution in [1.82, 2.24) is 14.5 Å². The van der Waals surface area contributed by atoms with Gasteiger partial charge in [0.2, 0.25) is 5.95 Å². The minimum atomic E-state index is -4.64. The molecule has 4 N–H and O–H groups in total. The van der Waals surface area contributed by atoms with Crippen LogP contribution in [-0.4, -0.2) is 14.5 Å². The van der Waals surface area contributed by atoms with E-state index in [0.29, 0.717) is 16.8 Å². The van der Waals surface area contributed by atoms with Crippen LogP contribution in [0, 0.1) is 0 Å². The molecule has 0 saturated carbocycles. The Morgan fingerprint density at radius 1 is 0.931 bits per heavy atom. The minimum absolute atomic E-state index is 0.00922. The smallest absolute Gasteiger partial charge is 0.383 e. The van der Waals surface area contributed by atoms with E-state index >= 15 is 0 Å². The summed E-state index contributed by atoms with van der Waals surface area (Å²) < 4.78 is 40.7. The van der Waals surface area contributed by atoms with Crippen molar-refractivity contribution in [1.29, 1.82) is 0 Å². The highest BCUT2D eigenvalue weighted by molar-refractivity contribution is 5.85. The Hall–Kier alpha value is -3.88. The van der Waals surface area contributed by atoms with Gasteiger partial charge in [-0.25, -0.2) is 14.5 Å². The fraction of sp³-hybridized carbons (Fsp3) is 0.0500. The van der Waals surface area contributed by atoms with Crippen molar-refractivity contribution in [3.63, 3.8) is 0 Å². The SMILES string of the molecule is Nc1ncc(-c2ccc3nc(N)n(-c4ccccc4)c(=O)c3c2)cc1C(F)(F)F. The summed E-state index contributed by atoms with van der Waals surface area (Å²) in [5.74, 6) is -0.599. The van der Waals surface area contributed by atoms with Crippen LogP contribution in [0.3, 0.4) is 0 Å². The number of para-hydroxylation sites is 1. The maximum Gasteiger partial charge on any atom is 0.419 e. The van der Waals surface area contributed by atoms with Crippen LogP contribution in [-0.2, 0) is 6.18 Å².